The summed E-state index contributed by atoms with van der Waals surface area (Å²) in [6.07, 6.45) is 0.779. The number of halogens is 1. The Balaban J connectivity index is 2.10. The van der Waals surface area contributed by atoms with E-state index < -0.39 is 5.82 Å². The Bertz CT molecular complexity index is 793. The van der Waals surface area contributed by atoms with Crippen LogP contribution in [0.5, 0.6) is 5.75 Å². The number of aryl methyl sites for hydroxylation is 1. The van der Waals surface area contributed by atoms with Crippen LogP contribution in [0.2, 0.25) is 0 Å². The number of likely N-dealkylation sites (N-methyl/N-ethyl adjacent to an activating group) is 1. The van der Waals surface area contributed by atoms with Crippen molar-refractivity contribution in [1.82, 2.24) is 4.90 Å². The van der Waals surface area contributed by atoms with E-state index in [1.807, 2.05) is 32.2 Å². The standard InChI is InChI=1S/C20H24FN3OS/c1-4-24(3)11-10-16-13-17(21)18(12-14(16)2)25-20(26)23-19(22)15-8-6-5-7-9-15/h5-9,12-13H,4,10-11H2,1-3H3,(H2,22,23,26)/p+1. The largest absolute Gasteiger partial charge is 0.414 e. The summed E-state index contributed by atoms with van der Waals surface area (Å²) in [5.74, 6) is -0.321. The van der Waals surface area contributed by atoms with Gasteiger partial charge in [0.15, 0.2) is 17.4 Å². The molecule has 0 aliphatic rings. The van der Waals surface area contributed by atoms with E-state index in [4.69, 9.17) is 10.1 Å². The number of amidine groups is 1. The van der Waals surface area contributed by atoms with Gasteiger partial charge in [-0.2, -0.15) is 0 Å². The first-order valence-corrected chi connectivity index (χ1v) is 9.00. The average Bonchev–Trinajstić information content (AvgIpc) is 2.63. The van der Waals surface area contributed by atoms with Gasteiger partial charge in [-0.3, -0.25) is 5.41 Å². The molecular formula is C20H25FN3OS+. The SMILES string of the molecule is CCN(C)CCc1cc(F)c(OC([SH2+])=NC(=N)c2ccccc2)cc1C. The zero-order valence-corrected chi connectivity index (χ0v) is 16.3. The highest BCUT2D eigenvalue weighted by Crippen LogP contribution is 2.23. The highest BCUT2D eigenvalue weighted by atomic mass is 32.1. The van der Waals surface area contributed by atoms with Crippen LogP contribution >= 0.6 is 0 Å². The molecule has 0 spiro atoms. The molecule has 0 heterocycles. The lowest BCUT2D eigenvalue weighted by molar-refractivity contribution is 0.357. The lowest BCUT2D eigenvalue weighted by Crippen LogP contribution is -2.20. The van der Waals surface area contributed by atoms with Crippen molar-refractivity contribution in [3.05, 3.63) is 65.0 Å². The third-order valence-electron chi connectivity index (χ3n) is 4.16. The van der Waals surface area contributed by atoms with E-state index in [0.29, 0.717) is 5.56 Å². The van der Waals surface area contributed by atoms with Crippen LogP contribution in [0.3, 0.4) is 0 Å². The van der Waals surface area contributed by atoms with Gasteiger partial charge in [0.1, 0.15) is 0 Å². The summed E-state index contributed by atoms with van der Waals surface area (Å²) in [6, 6.07) is 12.2. The molecule has 138 valence electrons. The average molecular weight is 375 g/mol. The van der Waals surface area contributed by atoms with Gasteiger partial charge in [0.25, 0.3) is 0 Å². The maximum atomic E-state index is 14.4. The fraction of sp³-hybridized carbons (Fsp3) is 0.300. The first-order valence-electron chi connectivity index (χ1n) is 8.50. The Morgan fingerprint density at radius 1 is 1.27 bits per heavy atom. The van der Waals surface area contributed by atoms with Crippen LogP contribution < -0.4 is 4.74 Å². The van der Waals surface area contributed by atoms with Gasteiger partial charge >= 0.3 is 5.23 Å². The number of benzene rings is 2. The fourth-order valence-corrected chi connectivity index (χ4v) is 2.62. The molecular weight excluding hydrogens is 349 g/mol. The van der Waals surface area contributed by atoms with Crippen LogP contribution in [-0.4, -0.2) is 36.1 Å². The highest BCUT2D eigenvalue weighted by molar-refractivity contribution is 7.77. The summed E-state index contributed by atoms with van der Waals surface area (Å²) >= 11 is 3.22. The minimum absolute atomic E-state index is 0.0342. The van der Waals surface area contributed by atoms with Gasteiger partial charge in [0.2, 0.25) is 0 Å². The van der Waals surface area contributed by atoms with E-state index in [1.165, 1.54) is 6.07 Å². The molecule has 0 radical (unpaired) electrons. The number of aliphatic imine (C=N–C) groups is 1. The quantitative estimate of drug-likeness (QED) is 0.479. The highest BCUT2D eigenvalue weighted by Gasteiger charge is 2.14. The smallest absolute Gasteiger partial charge is 0.400 e. The van der Waals surface area contributed by atoms with Crippen molar-refractivity contribution in [2.24, 2.45) is 4.99 Å². The number of ether oxygens (including phenoxy) is 1. The van der Waals surface area contributed by atoms with Crippen LogP contribution in [0.1, 0.15) is 23.6 Å². The molecule has 4 nitrogen and oxygen atoms in total. The van der Waals surface area contributed by atoms with E-state index in [2.05, 4.69) is 29.4 Å². The summed E-state index contributed by atoms with van der Waals surface area (Å²) in [5, 5.41) is 8.01. The Morgan fingerprint density at radius 3 is 2.62 bits per heavy atom. The number of rotatable bonds is 6. The summed E-state index contributed by atoms with van der Waals surface area (Å²) in [7, 11) is 2.04. The maximum absolute atomic E-state index is 14.4. The third kappa shape index (κ3) is 5.68. The van der Waals surface area contributed by atoms with Gasteiger partial charge in [-0.15, -0.1) is 4.99 Å². The molecule has 0 unspecified atom stereocenters. The number of nitrogens with zero attached hydrogens (tertiary/aromatic N) is 2. The van der Waals surface area contributed by atoms with Crippen LogP contribution in [0, 0.1) is 18.2 Å². The summed E-state index contributed by atoms with van der Waals surface area (Å²) in [5.41, 5.74) is 2.57. The van der Waals surface area contributed by atoms with Crippen molar-refractivity contribution < 1.29 is 9.13 Å². The molecule has 26 heavy (non-hydrogen) atoms. The molecule has 2 rings (SSSR count). The molecule has 0 atom stereocenters. The maximum Gasteiger partial charge on any atom is 0.414 e. The van der Waals surface area contributed by atoms with Gasteiger partial charge < -0.3 is 9.64 Å². The molecule has 0 amide bonds. The summed E-state index contributed by atoms with van der Waals surface area (Å²) < 4.78 is 19.8. The summed E-state index contributed by atoms with van der Waals surface area (Å²) in [4.78, 5) is 6.20. The normalized spacial score (nSPS) is 11.7. The second kappa shape index (κ2) is 9.50. The van der Waals surface area contributed by atoms with Gasteiger partial charge in [0, 0.05) is 12.1 Å². The van der Waals surface area contributed by atoms with E-state index in [9.17, 15) is 4.39 Å². The van der Waals surface area contributed by atoms with Crippen molar-refractivity contribution in [2.75, 3.05) is 20.1 Å². The second-order valence-corrected chi connectivity index (χ2v) is 6.52. The van der Waals surface area contributed by atoms with Crippen LogP contribution in [0.25, 0.3) is 0 Å². The minimum Gasteiger partial charge on any atom is -0.400 e. The number of hydrogen-bond donors (Lipinski definition) is 1. The molecule has 0 aliphatic heterocycles. The lowest BCUT2D eigenvalue weighted by Gasteiger charge is -2.15. The Labute approximate surface area is 159 Å². The van der Waals surface area contributed by atoms with Crippen LogP contribution in [-0.2, 0) is 19.0 Å². The zero-order valence-electron chi connectivity index (χ0n) is 15.3. The predicted octanol–water partition coefficient (Wildman–Crippen LogP) is 3.40. The Kier molecular flexibility index (Phi) is 7.36. The van der Waals surface area contributed by atoms with E-state index >= 15 is 0 Å². The van der Waals surface area contributed by atoms with Gasteiger partial charge in [0.05, 0.1) is 12.6 Å². The molecule has 0 aliphatic carbocycles. The Hall–Kier alpha value is -2.18. The molecule has 2 aromatic carbocycles. The van der Waals surface area contributed by atoms with Gasteiger partial charge in [-0.1, -0.05) is 37.3 Å². The van der Waals surface area contributed by atoms with E-state index in [0.717, 1.165) is 30.6 Å². The van der Waals surface area contributed by atoms with Crippen LogP contribution in [0.4, 0.5) is 4.39 Å². The van der Waals surface area contributed by atoms with E-state index in [-0.39, 0.29) is 16.8 Å². The fourth-order valence-electron chi connectivity index (χ4n) is 2.40. The molecule has 0 aromatic heterocycles. The third-order valence-corrected chi connectivity index (χ3v) is 4.37. The van der Waals surface area contributed by atoms with Crippen molar-refractivity contribution in [1.29, 1.82) is 5.41 Å². The molecule has 0 bridgehead atoms. The van der Waals surface area contributed by atoms with Crippen LogP contribution in [0.15, 0.2) is 47.5 Å². The minimum atomic E-state index is -0.443. The predicted molar refractivity (Wildman–Crippen MR) is 110 cm³/mol. The molecule has 1 N–H and O–H groups in total. The monoisotopic (exact) mass is 374 g/mol. The first kappa shape index (κ1) is 20.1. The molecule has 0 fully saturated rings. The zero-order chi connectivity index (χ0) is 19.1. The molecule has 0 saturated carbocycles. The van der Waals surface area contributed by atoms with Gasteiger partial charge in [-0.05, 0) is 50.2 Å². The first-order chi connectivity index (χ1) is 12.4. The molecule has 2 aromatic rings. The lowest BCUT2D eigenvalue weighted by atomic mass is 10.0. The number of nitrogens with one attached hydrogen (secondary N) is 1. The molecule has 0 saturated heterocycles. The van der Waals surface area contributed by atoms with Crippen molar-refractivity contribution >= 4 is 23.7 Å². The second-order valence-electron chi connectivity index (χ2n) is 6.09. The van der Waals surface area contributed by atoms with Crippen molar-refractivity contribution in [3.63, 3.8) is 0 Å². The number of hydrogen-bond acceptors (Lipinski definition) is 3. The summed E-state index contributed by atoms with van der Waals surface area (Å²) in [6.45, 7) is 5.85. The van der Waals surface area contributed by atoms with E-state index in [1.54, 1.807) is 18.2 Å². The Morgan fingerprint density at radius 2 is 1.96 bits per heavy atom. The van der Waals surface area contributed by atoms with Crippen molar-refractivity contribution in [2.45, 2.75) is 20.3 Å². The topological polar surface area (TPSA) is 48.7 Å². The van der Waals surface area contributed by atoms with Crippen molar-refractivity contribution in [3.8, 4) is 5.75 Å². The van der Waals surface area contributed by atoms with Gasteiger partial charge in [-0.25, -0.2) is 4.39 Å². The molecule has 6 heteroatoms.